The van der Waals surface area contributed by atoms with Crippen LogP contribution in [0.5, 0.6) is 0 Å². The average molecular weight is 473 g/mol. The average Bonchev–Trinajstić information content (AvgIpc) is 3.16. The lowest BCUT2D eigenvalue weighted by Crippen LogP contribution is -2.16. The number of nitrogen functional groups attached to an aromatic ring is 1. The molecule has 0 aromatic carbocycles. The van der Waals surface area contributed by atoms with Gasteiger partial charge in [0.1, 0.15) is 11.8 Å². The van der Waals surface area contributed by atoms with Crippen molar-refractivity contribution in [3.8, 4) is 0 Å². The monoisotopic (exact) mass is 473 g/mol. The fourth-order valence-electron chi connectivity index (χ4n) is 2.23. The first-order chi connectivity index (χ1) is 13.4. The lowest BCUT2D eigenvalue weighted by molar-refractivity contribution is -0.125. The summed E-state index contributed by atoms with van der Waals surface area (Å²) >= 11 is 0. The van der Waals surface area contributed by atoms with Gasteiger partial charge in [-0.05, 0) is 12.2 Å². The number of imidazole rings is 1. The first kappa shape index (κ1) is 22.2. The molecule has 1 aliphatic rings. The number of aromatic nitrogens is 4. The lowest BCUT2D eigenvalue weighted by Gasteiger charge is -2.19. The van der Waals surface area contributed by atoms with E-state index in [-0.39, 0.29) is 5.82 Å². The van der Waals surface area contributed by atoms with Crippen molar-refractivity contribution in [2.24, 2.45) is 0 Å². The van der Waals surface area contributed by atoms with Crippen LogP contribution in [0.4, 0.5) is 5.82 Å². The summed E-state index contributed by atoms with van der Waals surface area (Å²) < 4.78 is 53.0. The minimum absolute atomic E-state index is 0.160. The number of hydrogen-bond donors (Lipinski definition) is 5. The van der Waals surface area contributed by atoms with Crippen molar-refractivity contribution in [1.82, 2.24) is 19.5 Å². The second kappa shape index (κ2) is 7.95. The van der Waals surface area contributed by atoms with Crippen LogP contribution in [-0.2, 0) is 31.8 Å². The van der Waals surface area contributed by atoms with Crippen LogP contribution < -0.4 is 5.73 Å². The first-order valence-electron chi connectivity index (χ1n) is 7.36. The fraction of sp³-hybridized carbons (Fsp3) is 0.300. The van der Waals surface area contributed by atoms with Gasteiger partial charge in [-0.1, -0.05) is 0 Å². The molecule has 16 nitrogen and oxygen atoms in total. The minimum atomic E-state index is -5.53. The molecule has 3 heterocycles. The third-order valence-corrected chi connectivity index (χ3v) is 7.21. The summed E-state index contributed by atoms with van der Waals surface area (Å²) in [7, 11) is -15.9. The van der Waals surface area contributed by atoms with Gasteiger partial charge in [-0.2, -0.15) is 4.31 Å². The molecule has 2 aromatic rings. The van der Waals surface area contributed by atoms with Crippen molar-refractivity contribution in [3.05, 3.63) is 24.8 Å². The van der Waals surface area contributed by atoms with Gasteiger partial charge in [0, 0.05) is 0 Å². The SMILES string of the molecule is Nc1ncnc2c1ncn2[C@H]1C=C[C@@H](OCP(=O)(O)OP(=O)(O)OP(=O)(O)O)O1. The first-order valence-corrected chi connectivity index (χ1v) is 12.2. The molecule has 0 saturated heterocycles. The molecule has 0 amide bonds. The summed E-state index contributed by atoms with van der Waals surface area (Å²) in [5.74, 6) is 0.160. The zero-order valence-electron chi connectivity index (χ0n) is 14.0. The van der Waals surface area contributed by atoms with Gasteiger partial charge in [0.15, 0.2) is 30.3 Å². The van der Waals surface area contributed by atoms with E-state index >= 15 is 0 Å². The maximum absolute atomic E-state index is 11.8. The van der Waals surface area contributed by atoms with Gasteiger partial charge in [0.2, 0.25) is 0 Å². The molecular weight excluding hydrogens is 459 g/mol. The number of phosphoric acid groups is 2. The molecule has 0 bridgehead atoms. The molecule has 0 spiro atoms. The lowest BCUT2D eigenvalue weighted by atomic mass is 10.4. The summed E-state index contributed by atoms with van der Waals surface area (Å²) in [5.41, 5.74) is 6.39. The van der Waals surface area contributed by atoms with E-state index in [0.29, 0.717) is 11.2 Å². The van der Waals surface area contributed by atoms with Crippen LogP contribution in [0.3, 0.4) is 0 Å². The van der Waals surface area contributed by atoms with Gasteiger partial charge in [-0.3, -0.25) is 9.13 Å². The number of fused-ring (bicyclic) bond motifs is 1. The molecule has 1 aliphatic heterocycles. The largest absolute Gasteiger partial charge is 0.488 e. The molecule has 6 N–H and O–H groups in total. The van der Waals surface area contributed by atoms with Gasteiger partial charge >= 0.3 is 23.2 Å². The summed E-state index contributed by atoms with van der Waals surface area (Å²) in [4.78, 5) is 47.5. The Labute approximate surface area is 161 Å². The van der Waals surface area contributed by atoms with Crippen LogP contribution in [0.1, 0.15) is 6.23 Å². The molecule has 0 aliphatic carbocycles. The molecule has 2 unspecified atom stereocenters. The van der Waals surface area contributed by atoms with Gasteiger partial charge < -0.3 is 34.8 Å². The summed E-state index contributed by atoms with van der Waals surface area (Å²) in [6.45, 7) is 0. The Balaban J connectivity index is 1.59. The number of ether oxygens (including phenoxy) is 2. The van der Waals surface area contributed by atoms with E-state index in [9.17, 15) is 18.6 Å². The molecule has 3 rings (SSSR count). The van der Waals surface area contributed by atoms with Crippen molar-refractivity contribution in [3.63, 3.8) is 0 Å². The zero-order valence-corrected chi connectivity index (χ0v) is 16.7. The second-order valence-electron chi connectivity index (χ2n) is 5.42. The van der Waals surface area contributed by atoms with Crippen molar-refractivity contribution in [2.75, 3.05) is 12.1 Å². The highest BCUT2D eigenvalue weighted by atomic mass is 31.3. The molecule has 29 heavy (non-hydrogen) atoms. The standard InChI is InChI=1S/C10H14N5O11P3/c11-9-8-10(13-3-12-9)15(4-14-8)6-1-2-7(24-6)23-5-27(16,17)25-29(21,22)26-28(18,19)20/h1-4,6-7H,5H2,(H,16,17)(H,21,22)(H2,11,12,13)(H2,18,19,20)/t6-,7+/m1/s1. The van der Waals surface area contributed by atoms with Crippen molar-refractivity contribution < 1.29 is 51.4 Å². The Morgan fingerprint density at radius 1 is 1.10 bits per heavy atom. The van der Waals surface area contributed by atoms with Gasteiger partial charge in [0.25, 0.3) is 0 Å². The van der Waals surface area contributed by atoms with E-state index in [0.717, 1.165) is 0 Å². The Morgan fingerprint density at radius 3 is 2.52 bits per heavy atom. The fourth-order valence-corrected chi connectivity index (χ4v) is 5.50. The highest BCUT2D eigenvalue weighted by Gasteiger charge is 2.40. The summed E-state index contributed by atoms with van der Waals surface area (Å²) in [6, 6.07) is 0. The molecule has 0 fully saturated rings. The van der Waals surface area contributed by atoms with E-state index in [1.165, 1.54) is 29.4 Å². The second-order valence-corrected chi connectivity index (χ2v) is 10.2. The number of rotatable bonds is 8. The predicted molar refractivity (Wildman–Crippen MR) is 92.6 cm³/mol. The van der Waals surface area contributed by atoms with Crippen molar-refractivity contribution in [1.29, 1.82) is 0 Å². The van der Waals surface area contributed by atoms with Crippen LogP contribution in [0.2, 0.25) is 0 Å². The zero-order chi connectivity index (χ0) is 21.4. The predicted octanol–water partition coefficient (Wildman–Crippen LogP) is 0.205. The van der Waals surface area contributed by atoms with Crippen molar-refractivity contribution in [2.45, 2.75) is 12.5 Å². The van der Waals surface area contributed by atoms with E-state index in [2.05, 4.69) is 23.6 Å². The summed E-state index contributed by atoms with van der Waals surface area (Å²) in [5, 5.41) is 0. The molecular formula is C10H14N5O11P3. The number of hydrogen-bond acceptors (Lipinski definition) is 11. The number of nitrogens with two attached hydrogens (primary N) is 1. The van der Waals surface area contributed by atoms with E-state index in [4.69, 9.17) is 29.9 Å². The van der Waals surface area contributed by atoms with Gasteiger partial charge in [0.05, 0.1) is 6.33 Å². The van der Waals surface area contributed by atoms with Crippen molar-refractivity contribution >= 4 is 40.2 Å². The topological polar surface area (TPSA) is 239 Å². The summed E-state index contributed by atoms with van der Waals surface area (Å²) in [6.07, 6.45) is 2.42. The molecule has 0 saturated carbocycles. The van der Waals surface area contributed by atoms with Crippen LogP contribution in [0.15, 0.2) is 24.8 Å². The number of nitrogens with zero attached hydrogens (tertiary/aromatic N) is 4. The van der Waals surface area contributed by atoms with Crippen LogP contribution >= 0.6 is 23.2 Å². The van der Waals surface area contributed by atoms with Crippen LogP contribution in [0.25, 0.3) is 11.2 Å². The quantitative estimate of drug-likeness (QED) is 0.254. The van der Waals surface area contributed by atoms with Crippen LogP contribution in [0, 0.1) is 0 Å². The minimum Gasteiger partial charge on any atom is -0.382 e. The molecule has 2 aromatic heterocycles. The van der Waals surface area contributed by atoms with Gasteiger partial charge in [-0.25, -0.2) is 28.4 Å². The van der Waals surface area contributed by atoms with Gasteiger partial charge in [-0.15, -0.1) is 0 Å². The molecule has 160 valence electrons. The third-order valence-electron chi connectivity index (χ3n) is 3.21. The smallest absolute Gasteiger partial charge is 0.382 e. The van der Waals surface area contributed by atoms with E-state index in [1.54, 1.807) is 0 Å². The Morgan fingerprint density at radius 2 is 1.83 bits per heavy atom. The highest BCUT2D eigenvalue weighted by molar-refractivity contribution is 7.68. The van der Waals surface area contributed by atoms with E-state index in [1.807, 2.05) is 0 Å². The maximum Gasteiger partial charge on any atom is 0.488 e. The Bertz CT molecular complexity index is 1080. The number of anilines is 1. The third kappa shape index (κ3) is 5.75. The molecule has 4 atom stereocenters. The normalized spacial score (nSPS) is 23.9. The molecule has 19 heteroatoms. The maximum atomic E-state index is 11.8. The Hall–Kier alpha value is -1.54. The Kier molecular flexibility index (Phi) is 6.07. The van der Waals surface area contributed by atoms with E-state index < -0.39 is 42.1 Å². The molecule has 0 radical (unpaired) electrons. The van der Waals surface area contributed by atoms with Crippen LogP contribution in [-0.4, -0.2) is 51.7 Å². The highest BCUT2D eigenvalue weighted by Crippen LogP contribution is 2.66.